The second-order valence-corrected chi connectivity index (χ2v) is 6.06. The van der Waals surface area contributed by atoms with Crippen molar-refractivity contribution in [1.82, 2.24) is 4.90 Å². The van der Waals surface area contributed by atoms with Gasteiger partial charge in [-0.15, -0.1) is 0 Å². The summed E-state index contributed by atoms with van der Waals surface area (Å²) in [4.78, 5) is 14.1. The van der Waals surface area contributed by atoms with Crippen molar-refractivity contribution in [3.8, 4) is 0 Å². The van der Waals surface area contributed by atoms with E-state index in [0.717, 1.165) is 24.0 Å². The lowest BCUT2D eigenvalue weighted by Crippen LogP contribution is -2.64. The van der Waals surface area contributed by atoms with Crippen LogP contribution in [0.5, 0.6) is 0 Å². The molecule has 1 heterocycles. The number of aliphatic hydroxyl groups is 1. The molecule has 2 aliphatic rings. The first-order chi connectivity index (χ1) is 8.90. The van der Waals surface area contributed by atoms with Crippen LogP contribution < -0.4 is 5.73 Å². The van der Waals surface area contributed by atoms with Crippen LogP contribution >= 0.6 is 0 Å². The summed E-state index contributed by atoms with van der Waals surface area (Å²) in [7, 11) is 0. The van der Waals surface area contributed by atoms with Crippen molar-refractivity contribution in [2.75, 3.05) is 18.8 Å². The minimum Gasteiger partial charge on any atom is -0.398 e. The number of hydrogen-bond acceptors (Lipinski definition) is 3. The fourth-order valence-corrected chi connectivity index (χ4v) is 2.91. The fraction of sp³-hybridized carbons (Fsp3) is 0.533. The maximum absolute atomic E-state index is 12.4. The Morgan fingerprint density at radius 2 is 1.95 bits per heavy atom. The summed E-state index contributed by atoms with van der Waals surface area (Å²) in [6.07, 6.45) is 2.18. The van der Waals surface area contributed by atoms with Crippen LogP contribution in [0.1, 0.15) is 34.3 Å². The van der Waals surface area contributed by atoms with Gasteiger partial charge in [-0.3, -0.25) is 4.79 Å². The molecule has 0 aromatic heterocycles. The molecule has 1 aliphatic carbocycles. The van der Waals surface area contributed by atoms with Gasteiger partial charge in [-0.1, -0.05) is 6.07 Å². The quantitative estimate of drug-likeness (QED) is 0.792. The predicted molar refractivity (Wildman–Crippen MR) is 73.9 cm³/mol. The molecule has 1 aromatic carbocycles. The molecule has 1 saturated heterocycles. The van der Waals surface area contributed by atoms with Crippen molar-refractivity contribution in [2.45, 2.75) is 32.3 Å². The molecule has 4 heteroatoms. The SMILES string of the molecule is Cc1cc(C)c(C(=O)N2CC(O)(C3CC3)C2)cc1N. The Morgan fingerprint density at radius 1 is 1.32 bits per heavy atom. The van der Waals surface area contributed by atoms with E-state index in [0.29, 0.717) is 30.3 Å². The Morgan fingerprint density at radius 3 is 2.53 bits per heavy atom. The Labute approximate surface area is 113 Å². The van der Waals surface area contributed by atoms with Gasteiger partial charge in [-0.05, 0) is 49.8 Å². The number of carbonyl (C=O) groups is 1. The van der Waals surface area contributed by atoms with Crippen LogP contribution in [0, 0.1) is 19.8 Å². The molecule has 0 spiro atoms. The molecular weight excluding hydrogens is 240 g/mol. The van der Waals surface area contributed by atoms with Gasteiger partial charge in [-0.25, -0.2) is 0 Å². The molecule has 19 heavy (non-hydrogen) atoms. The van der Waals surface area contributed by atoms with Crippen LogP contribution in [0.25, 0.3) is 0 Å². The van der Waals surface area contributed by atoms with Gasteiger partial charge in [-0.2, -0.15) is 0 Å². The second kappa shape index (κ2) is 3.97. The molecule has 3 rings (SSSR count). The molecule has 1 saturated carbocycles. The molecule has 1 aromatic rings. The zero-order valence-corrected chi connectivity index (χ0v) is 11.4. The van der Waals surface area contributed by atoms with Crippen molar-refractivity contribution < 1.29 is 9.90 Å². The van der Waals surface area contributed by atoms with Crippen LogP contribution in [0.4, 0.5) is 5.69 Å². The fourth-order valence-electron chi connectivity index (χ4n) is 2.91. The number of likely N-dealkylation sites (tertiary alicyclic amines) is 1. The molecule has 4 nitrogen and oxygen atoms in total. The van der Waals surface area contributed by atoms with E-state index in [1.54, 1.807) is 11.0 Å². The third kappa shape index (κ3) is 2.00. The van der Waals surface area contributed by atoms with Gasteiger partial charge in [0.15, 0.2) is 0 Å². The Hall–Kier alpha value is -1.55. The van der Waals surface area contributed by atoms with Gasteiger partial charge in [0, 0.05) is 11.3 Å². The van der Waals surface area contributed by atoms with E-state index in [9.17, 15) is 9.90 Å². The first kappa shape index (κ1) is 12.5. The molecule has 0 atom stereocenters. The lowest BCUT2D eigenvalue weighted by atomic mass is 9.87. The lowest BCUT2D eigenvalue weighted by molar-refractivity contribution is -0.0958. The van der Waals surface area contributed by atoms with Crippen molar-refractivity contribution in [1.29, 1.82) is 0 Å². The highest BCUT2D eigenvalue weighted by molar-refractivity contribution is 5.97. The first-order valence-corrected chi connectivity index (χ1v) is 6.79. The molecule has 102 valence electrons. The summed E-state index contributed by atoms with van der Waals surface area (Å²) in [5.74, 6) is 0.384. The van der Waals surface area contributed by atoms with Crippen LogP contribution in [0.15, 0.2) is 12.1 Å². The molecule has 0 unspecified atom stereocenters. The molecule has 1 amide bonds. The molecule has 1 aliphatic heterocycles. The first-order valence-electron chi connectivity index (χ1n) is 6.79. The molecule has 3 N–H and O–H groups in total. The highest BCUT2D eigenvalue weighted by Gasteiger charge is 2.53. The third-order valence-electron chi connectivity index (χ3n) is 4.40. The van der Waals surface area contributed by atoms with Crippen molar-refractivity contribution >= 4 is 11.6 Å². The minimum absolute atomic E-state index is 0.0190. The van der Waals surface area contributed by atoms with E-state index < -0.39 is 5.60 Å². The summed E-state index contributed by atoms with van der Waals surface area (Å²) in [6.45, 7) is 4.78. The van der Waals surface area contributed by atoms with Crippen molar-refractivity contribution in [2.24, 2.45) is 5.92 Å². The van der Waals surface area contributed by atoms with Gasteiger partial charge in [0.25, 0.3) is 5.91 Å². The summed E-state index contributed by atoms with van der Waals surface area (Å²) >= 11 is 0. The number of nitrogens with two attached hydrogens (primary N) is 1. The predicted octanol–water partition coefficient (Wildman–Crippen LogP) is 1.48. The molecule has 0 radical (unpaired) electrons. The van der Waals surface area contributed by atoms with E-state index >= 15 is 0 Å². The van der Waals surface area contributed by atoms with Gasteiger partial charge >= 0.3 is 0 Å². The van der Waals surface area contributed by atoms with Crippen LogP contribution in [-0.2, 0) is 0 Å². The highest BCUT2D eigenvalue weighted by atomic mass is 16.3. The van der Waals surface area contributed by atoms with E-state index in [4.69, 9.17) is 5.73 Å². The van der Waals surface area contributed by atoms with Crippen LogP contribution in [0.2, 0.25) is 0 Å². The van der Waals surface area contributed by atoms with Crippen molar-refractivity contribution in [3.63, 3.8) is 0 Å². The Balaban J connectivity index is 1.77. The summed E-state index contributed by atoms with van der Waals surface area (Å²) in [5.41, 5.74) is 8.49. The normalized spacial score (nSPS) is 21.1. The van der Waals surface area contributed by atoms with E-state index in [1.165, 1.54) is 0 Å². The zero-order chi connectivity index (χ0) is 13.8. The number of benzene rings is 1. The van der Waals surface area contributed by atoms with Crippen LogP contribution in [0.3, 0.4) is 0 Å². The molecule has 0 bridgehead atoms. The smallest absolute Gasteiger partial charge is 0.254 e. The number of anilines is 1. The molecular formula is C15H20N2O2. The van der Waals surface area contributed by atoms with Gasteiger partial charge in [0.05, 0.1) is 13.1 Å². The maximum Gasteiger partial charge on any atom is 0.254 e. The van der Waals surface area contributed by atoms with Crippen LogP contribution in [-0.4, -0.2) is 34.6 Å². The van der Waals surface area contributed by atoms with E-state index in [2.05, 4.69) is 0 Å². The minimum atomic E-state index is -0.625. The maximum atomic E-state index is 12.4. The number of nitrogens with zero attached hydrogens (tertiary/aromatic N) is 1. The monoisotopic (exact) mass is 260 g/mol. The summed E-state index contributed by atoms with van der Waals surface area (Å²) in [5, 5.41) is 10.3. The topological polar surface area (TPSA) is 66.6 Å². The Kier molecular flexibility index (Phi) is 2.61. The number of rotatable bonds is 2. The second-order valence-electron chi connectivity index (χ2n) is 6.06. The average molecular weight is 260 g/mol. The van der Waals surface area contributed by atoms with E-state index in [1.807, 2.05) is 19.9 Å². The summed E-state index contributed by atoms with van der Waals surface area (Å²) < 4.78 is 0. The van der Waals surface area contributed by atoms with Gasteiger partial charge in [0.1, 0.15) is 5.60 Å². The van der Waals surface area contributed by atoms with Gasteiger partial charge in [0.2, 0.25) is 0 Å². The zero-order valence-electron chi connectivity index (χ0n) is 11.4. The van der Waals surface area contributed by atoms with Gasteiger partial charge < -0.3 is 15.7 Å². The van der Waals surface area contributed by atoms with E-state index in [-0.39, 0.29) is 5.91 Å². The highest BCUT2D eigenvalue weighted by Crippen LogP contribution is 2.44. The average Bonchev–Trinajstić information content (AvgIpc) is 3.13. The Bertz CT molecular complexity index is 543. The molecule has 2 fully saturated rings. The standard InChI is InChI=1S/C15H20N2O2/c1-9-5-10(2)13(16)6-12(9)14(18)17-7-15(19,8-17)11-3-4-11/h5-6,11,19H,3-4,7-8,16H2,1-2H3. The number of aryl methyl sites for hydroxylation is 2. The van der Waals surface area contributed by atoms with Crippen molar-refractivity contribution in [3.05, 3.63) is 28.8 Å². The largest absolute Gasteiger partial charge is 0.398 e. The number of amides is 1. The number of hydrogen-bond donors (Lipinski definition) is 2. The number of β-amino-alcohol motifs (C(OH)–C–C–N with tert-alkyl or cyclic N) is 1. The third-order valence-corrected chi connectivity index (χ3v) is 4.40. The number of nitrogen functional groups attached to an aromatic ring is 1. The number of carbonyl (C=O) groups excluding carboxylic acids is 1. The lowest BCUT2D eigenvalue weighted by Gasteiger charge is -2.47. The summed E-state index contributed by atoms with van der Waals surface area (Å²) in [6, 6.07) is 3.69.